The lowest BCUT2D eigenvalue weighted by atomic mass is 10.0. The third-order valence-electron chi connectivity index (χ3n) is 6.44. The van der Waals surface area contributed by atoms with Crippen LogP contribution in [-0.2, 0) is 21.2 Å². The molecule has 0 amide bonds. The van der Waals surface area contributed by atoms with Gasteiger partial charge in [-0.3, -0.25) is 9.36 Å². The van der Waals surface area contributed by atoms with E-state index in [1.54, 1.807) is 13.0 Å². The molecule has 10 heteroatoms. The molecule has 0 spiro atoms. The van der Waals surface area contributed by atoms with E-state index in [2.05, 4.69) is 9.97 Å². The van der Waals surface area contributed by atoms with Gasteiger partial charge in [0.1, 0.15) is 12.4 Å². The highest BCUT2D eigenvalue weighted by molar-refractivity contribution is 7.91. The van der Waals surface area contributed by atoms with Crippen molar-refractivity contribution >= 4 is 9.84 Å². The van der Waals surface area contributed by atoms with Crippen LogP contribution in [0.1, 0.15) is 50.2 Å². The van der Waals surface area contributed by atoms with E-state index in [1.165, 1.54) is 35.0 Å². The van der Waals surface area contributed by atoms with E-state index in [1.807, 2.05) is 51.1 Å². The molecule has 0 unspecified atom stereocenters. The first-order valence-electron chi connectivity index (χ1n) is 12.5. The molecule has 2 aromatic carbocycles. The lowest BCUT2D eigenvalue weighted by molar-refractivity contribution is 0.0573. The Labute approximate surface area is 226 Å². The van der Waals surface area contributed by atoms with Gasteiger partial charge in [-0.1, -0.05) is 49.4 Å². The number of aromatic hydroxyl groups is 1. The minimum absolute atomic E-state index is 0.0966. The molecule has 4 aromatic rings. The number of halogens is 1. The van der Waals surface area contributed by atoms with Crippen LogP contribution >= 0.6 is 0 Å². The molecule has 0 radical (unpaired) electrons. The van der Waals surface area contributed by atoms with Gasteiger partial charge in [-0.15, -0.1) is 0 Å². The van der Waals surface area contributed by atoms with Gasteiger partial charge in [0.2, 0.25) is 21.7 Å². The Morgan fingerprint density at radius 1 is 1.05 bits per heavy atom. The monoisotopic (exact) mass is 551 g/mol. The van der Waals surface area contributed by atoms with E-state index in [-0.39, 0.29) is 23.4 Å². The molecule has 4 rings (SSSR count). The molecule has 0 fully saturated rings. The van der Waals surface area contributed by atoms with Gasteiger partial charge in [0.25, 0.3) is 5.56 Å². The largest absolute Gasteiger partial charge is 0.492 e. The van der Waals surface area contributed by atoms with E-state index in [4.69, 9.17) is 4.74 Å². The molecule has 1 atom stereocenters. The van der Waals surface area contributed by atoms with Gasteiger partial charge in [0, 0.05) is 11.8 Å². The summed E-state index contributed by atoms with van der Waals surface area (Å²) in [4.78, 5) is 20.6. The number of hydrogen-bond donors (Lipinski definition) is 1. The second-order valence-electron chi connectivity index (χ2n) is 9.35. The molecule has 0 aliphatic rings. The van der Waals surface area contributed by atoms with Crippen molar-refractivity contribution in [1.29, 1.82) is 0 Å². The number of hydrogen-bond acceptors (Lipinski definition) is 7. The Morgan fingerprint density at radius 3 is 2.33 bits per heavy atom. The first-order valence-corrected chi connectivity index (χ1v) is 14.0. The summed E-state index contributed by atoms with van der Waals surface area (Å²) in [5.74, 6) is -1.39. The van der Waals surface area contributed by atoms with Gasteiger partial charge in [-0.25, -0.2) is 13.4 Å². The standard InChI is InChI=1S/C29H30FN3O5S/c1-5-24(21-9-7-6-8-10-21)33-25(17-38-18(2)3)32-28(34)26(29(33)35)39(36,37)22-13-11-20(12-14-22)23-15-16-31-27(30)19(23)4/h6-16,18,24,34H,5,17H2,1-4H3/t24-/m0/s1. The van der Waals surface area contributed by atoms with Crippen molar-refractivity contribution in [3.05, 3.63) is 100 Å². The van der Waals surface area contributed by atoms with Crippen molar-refractivity contribution in [2.45, 2.75) is 62.7 Å². The average molecular weight is 552 g/mol. The highest BCUT2D eigenvalue weighted by Crippen LogP contribution is 2.30. The summed E-state index contributed by atoms with van der Waals surface area (Å²) in [5, 5.41) is 10.8. The molecular formula is C29H30FN3O5S. The zero-order valence-corrected chi connectivity index (χ0v) is 22.9. The summed E-state index contributed by atoms with van der Waals surface area (Å²) in [7, 11) is -4.49. The van der Waals surface area contributed by atoms with Crippen molar-refractivity contribution < 1.29 is 22.7 Å². The quantitative estimate of drug-likeness (QED) is 0.284. The lowest BCUT2D eigenvalue weighted by Crippen LogP contribution is -2.34. The molecule has 0 saturated carbocycles. The number of ether oxygens (including phenoxy) is 1. The first kappa shape index (κ1) is 28.1. The van der Waals surface area contributed by atoms with Gasteiger partial charge >= 0.3 is 0 Å². The fraction of sp³-hybridized carbons (Fsp3) is 0.276. The molecule has 0 aliphatic heterocycles. The Bertz CT molecular complexity index is 1640. The molecule has 8 nitrogen and oxygen atoms in total. The maximum Gasteiger partial charge on any atom is 0.277 e. The Morgan fingerprint density at radius 2 is 1.72 bits per heavy atom. The van der Waals surface area contributed by atoms with E-state index >= 15 is 0 Å². The third kappa shape index (κ3) is 5.62. The van der Waals surface area contributed by atoms with Crippen LogP contribution in [0.2, 0.25) is 0 Å². The highest BCUT2D eigenvalue weighted by atomic mass is 32.2. The number of pyridine rings is 1. The van der Waals surface area contributed by atoms with Gasteiger partial charge in [-0.2, -0.15) is 9.37 Å². The molecule has 0 aliphatic carbocycles. The topological polar surface area (TPSA) is 111 Å². The van der Waals surface area contributed by atoms with Gasteiger partial charge in [0.05, 0.1) is 17.0 Å². The molecule has 0 bridgehead atoms. The number of benzene rings is 2. The van der Waals surface area contributed by atoms with Crippen LogP contribution in [0.5, 0.6) is 5.88 Å². The summed E-state index contributed by atoms with van der Waals surface area (Å²) in [6.45, 7) is 7.00. The number of rotatable bonds is 9. The van der Waals surface area contributed by atoms with Crippen LogP contribution in [0, 0.1) is 12.9 Å². The summed E-state index contributed by atoms with van der Waals surface area (Å²) in [6, 6.07) is 15.9. The molecule has 1 N–H and O–H groups in total. The maximum atomic E-state index is 13.9. The Balaban J connectivity index is 1.86. The minimum atomic E-state index is -4.49. The van der Waals surface area contributed by atoms with Crippen molar-refractivity contribution in [3.63, 3.8) is 0 Å². The van der Waals surface area contributed by atoms with E-state index in [0.717, 1.165) is 5.56 Å². The average Bonchev–Trinajstić information content (AvgIpc) is 2.91. The van der Waals surface area contributed by atoms with Crippen molar-refractivity contribution in [2.24, 2.45) is 0 Å². The maximum absolute atomic E-state index is 13.9. The van der Waals surface area contributed by atoms with E-state index in [0.29, 0.717) is 23.1 Å². The van der Waals surface area contributed by atoms with Crippen LogP contribution in [0.15, 0.2) is 81.4 Å². The van der Waals surface area contributed by atoms with E-state index in [9.17, 15) is 22.7 Å². The molecule has 39 heavy (non-hydrogen) atoms. The number of nitrogens with zero attached hydrogens (tertiary/aromatic N) is 3. The second kappa shape index (κ2) is 11.5. The normalized spacial score (nSPS) is 12.6. The van der Waals surface area contributed by atoms with Crippen molar-refractivity contribution in [3.8, 4) is 17.0 Å². The fourth-order valence-electron chi connectivity index (χ4n) is 4.45. The predicted octanol–water partition coefficient (Wildman–Crippen LogP) is 5.22. The smallest absolute Gasteiger partial charge is 0.277 e. The number of aromatic nitrogens is 3. The van der Waals surface area contributed by atoms with Crippen LogP contribution in [0.25, 0.3) is 11.1 Å². The molecular weight excluding hydrogens is 521 g/mol. The zero-order chi connectivity index (χ0) is 28.3. The Kier molecular flexibility index (Phi) is 8.27. The van der Waals surface area contributed by atoms with Crippen LogP contribution in [-0.4, -0.2) is 34.2 Å². The van der Waals surface area contributed by atoms with Gasteiger partial charge in [0.15, 0.2) is 4.90 Å². The van der Waals surface area contributed by atoms with Gasteiger partial charge < -0.3 is 9.84 Å². The highest BCUT2D eigenvalue weighted by Gasteiger charge is 2.32. The summed E-state index contributed by atoms with van der Waals surface area (Å²) < 4.78 is 48.3. The molecule has 2 aromatic heterocycles. The van der Waals surface area contributed by atoms with Crippen molar-refractivity contribution in [2.75, 3.05) is 0 Å². The summed E-state index contributed by atoms with van der Waals surface area (Å²) >= 11 is 0. The Hall–Kier alpha value is -3.89. The van der Waals surface area contributed by atoms with Crippen molar-refractivity contribution in [1.82, 2.24) is 14.5 Å². The van der Waals surface area contributed by atoms with E-state index < -0.39 is 38.2 Å². The van der Waals surface area contributed by atoms with Gasteiger partial charge in [-0.05, 0) is 62.1 Å². The van der Waals surface area contributed by atoms with Crippen LogP contribution < -0.4 is 5.56 Å². The zero-order valence-electron chi connectivity index (χ0n) is 22.1. The molecule has 2 heterocycles. The lowest BCUT2D eigenvalue weighted by Gasteiger charge is -2.23. The van der Waals surface area contributed by atoms with Crippen LogP contribution in [0.3, 0.4) is 0 Å². The third-order valence-corrected chi connectivity index (χ3v) is 8.23. The SMILES string of the molecule is CC[C@@H](c1ccccc1)n1c(COC(C)C)nc(O)c(S(=O)(=O)c2ccc(-c3ccnc(F)c3C)cc2)c1=O. The minimum Gasteiger partial charge on any atom is -0.492 e. The second-order valence-corrected chi connectivity index (χ2v) is 11.2. The molecule has 0 saturated heterocycles. The predicted molar refractivity (Wildman–Crippen MR) is 145 cm³/mol. The summed E-state index contributed by atoms with van der Waals surface area (Å²) in [6.07, 6.45) is 1.60. The first-order chi connectivity index (χ1) is 18.6. The molecule has 204 valence electrons. The summed E-state index contributed by atoms with van der Waals surface area (Å²) in [5.41, 5.74) is 1.35. The fourth-order valence-corrected chi connectivity index (χ4v) is 5.79. The number of sulfone groups is 1. The van der Waals surface area contributed by atoms with Crippen LogP contribution in [0.4, 0.5) is 4.39 Å².